The van der Waals surface area contributed by atoms with Crippen molar-refractivity contribution in [2.24, 2.45) is 5.10 Å². The Morgan fingerprint density at radius 1 is 1.32 bits per heavy atom. The second-order valence-corrected chi connectivity index (χ2v) is 4.98. The highest BCUT2D eigenvalue weighted by Crippen LogP contribution is 2.02. The fraction of sp³-hybridized carbons (Fsp3) is 0.188. The third kappa shape index (κ3) is 3.66. The number of carbonyl (C=O) groups is 1. The molecule has 0 saturated carbocycles. The summed E-state index contributed by atoms with van der Waals surface area (Å²) in [5.41, 5.74) is 2.40. The van der Waals surface area contributed by atoms with Crippen molar-refractivity contribution in [3.8, 4) is 0 Å². The Bertz CT molecular complexity index is 766. The normalized spacial score (nSPS) is 11.1. The SMILES string of the molecule is CC(C)n1cccc(C(=O)N/N=C\c2cccc(F)c2)c1=O. The first-order valence-corrected chi connectivity index (χ1v) is 6.79. The molecule has 1 aromatic heterocycles. The maximum atomic E-state index is 13.0. The van der Waals surface area contributed by atoms with Crippen LogP contribution in [0.25, 0.3) is 0 Å². The minimum Gasteiger partial charge on any atom is -0.312 e. The molecule has 2 aromatic rings. The third-order valence-electron chi connectivity index (χ3n) is 3.00. The predicted molar refractivity (Wildman–Crippen MR) is 82.5 cm³/mol. The second kappa shape index (κ2) is 6.80. The summed E-state index contributed by atoms with van der Waals surface area (Å²) in [6.07, 6.45) is 2.94. The number of aromatic nitrogens is 1. The van der Waals surface area contributed by atoms with Crippen molar-refractivity contribution in [3.63, 3.8) is 0 Å². The van der Waals surface area contributed by atoms with Crippen LogP contribution in [0, 0.1) is 5.82 Å². The zero-order chi connectivity index (χ0) is 16.1. The highest BCUT2D eigenvalue weighted by atomic mass is 19.1. The van der Waals surface area contributed by atoms with Gasteiger partial charge in [-0.15, -0.1) is 0 Å². The van der Waals surface area contributed by atoms with Crippen molar-refractivity contribution >= 4 is 12.1 Å². The van der Waals surface area contributed by atoms with Crippen molar-refractivity contribution in [1.82, 2.24) is 9.99 Å². The van der Waals surface area contributed by atoms with Gasteiger partial charge in [-0.05, 0) is 43.7 Å². The predicted octanol–water partition coefficient (Wildman–Crippen LogP) is 2.33. The van der Waals surface area contributed by atoms with E-state index in [9.17, 15) is 14.0 Å². The molecule has 5 nitrogen and oxygen atoms in total. The van der Waals surface area contributed by atoms with Gasteiger partial charge in [0.05, 0.1) is 6.21 Å². The number of hydrazone groups is 1. The quantitative estimate of drug-likeness (QED) is 0.696. The van der Waals surface area contributed by atoms with Gasteiger partial charge in [0.2, 0.25) is 0 Å². The number of nitrogens with zero attached hydrogens (tertiary/aromatic N) is 2. The van der Waals surface area contributed by atoms with Crippen molar-refractivity contribution in [1.29, 1.82) is 0 Å². The summed E-state index contributed by atoms with van der Waals surface area (Å²) in [4.78, 5) is 24.1. The summed E-state index contributed by atoms with van der Waals surface area (Å²) in [5.74, 6) is -0.995. The van der Waals surface area contributed by atoms with Gasteiger partial charge in [0, 0.05) is 12.2 Å². The van der Waals surface area contributed by atoms with Crippen LogP contribution in [0.15, 0.2) is 52.5 Å². The van der Waals surface area contributed by atoms with Gasteiger partial charge in [-0.2, -0.15) is 5.10 Å². The average molecular weight is 301 g/mol. The molecule has 0 unspecified atom stereocenters. The molecule has 0 spiro atoms. The first-order chi connectivity index (χ1) is 10.5. The molecule has 0 fully saturated rings. The molecule has 0 atom stereocenters. The zero-order valence-electron chi connectivity index (χ0n) is 12.3. The Hall–Kier alpha value is -2.76. The number of rotatable bonds is 4. The van der Waals surface area contributed by atoms with Crippen LogP contribution >= 0.6 is 0 Å². The van der Waals surface area contributed by atoms with E-state index in [1.807, 2.05) is 13.8 Å². The number of benzene rings is 1. The van der Waals surface area contributed by atoms with Crippen molar-refractivity contribution < 1.29 is 9.18 Å². The van der Waals surface area contributed by atoms with Crippen molar-refractivity contribution in [2.75, 3.05) is 0 Å². The van der Waals surface area contributed by atoms with Crippen molar-refractivity contribution in [2.45, 2.75) is 19.9 Å². The number of pyridine rings is 1. The van der Waals surface area contributed by atoms with E-state index in [-0.39, 0.29) is 17.2 Å². The molecule has 1 N–H and O–H groups in total. The molecule has 2 rings (SSSR count). The van der Waals surface area contributed by atoms with Crippen molar-refractivity contribution in [3.05, 3.63) is 69.9 Å². The summed E-state index contributed by atoms with van der Waals surface area (Å²) in [6.45, 7) is 3.70. The molecule has 114 valence electrons. The molecule has 0 radical (unpaired) electrons. The number of hydrogen-bond acceptors (Lipinski definition) is 3. The van der Waals surface area contributed by atoms with E-state index in [0.29, 0.717) is 5.56 Å². The van der Waals surface area contributed by atoms with Gasteiger partial charge in [-0.1, -0.05) is 12.1 Å². The lowest BCUT2D eigenvalue weighted by Crippen LogP contribution is -2.31. The lowest BCUT2D eigenvalue weighted by atomic mass is 10.2. The maximum absolute atomic E-state index is 13.0. The Labute approximate surface area is 127 Å². The van der Waals surface area contributed by atoms with Crippen LogP contribution in [0.2, 0.25) is 0 Å². The smallest absolute Gasteiger partial charge is 0.276 e. The first kappa shape index (κ1) is 15.6. The van der Waals surface area contributed by atoms with Gasteiger partial charge in [0.1, 0.15) is 11.4 Å². The van der Waals surface area contributed by atoms with E-state index in [1.54, 1.807) is 18.3 Å². The molecule has 1 amide bonds. The molecular formula is C16H16FN3O2. The average Bonchev–Trinajstić information content (AvgIpc) is 2.47. The Kier molecular flexibility index (Phi) is 4.83. The minimum atomic E-state index is -0.604. The van der Waals surface area contributed by atoms with Gasteiger partial charge in [0.15, 0.2) is 0 Å². The minimum absolute atomic E-state index is 0.00703. The van der Waals surface area contributed by atoms with E-state index >= 15 is 0 Å². The molecule has 0 saturated heterocycles. The molecular weight excluding hydrogens is 285 g/mol. The van der Waals surface area contributed by atoms with Crippen LogP contribution in [0.4, 0.5) is 4.39 Å². The standard InChI is InChI=1S/C16H16FN3O2/c1-11(2)20-8-4-7-14(16(20)22)15(21)19-18-10-12-5-3-6-13(17)9-12/h3-11H,1-2H3,(H,19,21)/b18-10-. The molecule has 1 aromatic carbocycles. The van der Waals surface area contributed by atoms with E-state index in [4.69, 9.17) is 0 Å². The zero-order valence-corrected chi connectivity index (χ0v) is 12.3. The van der Waals surface area contributed by atoms with E-state index in [0.717, 1.165) is 0 Å². The van der Waals surface area contributed by atoms with Crippen LogP contribution < -0.4 is 11.0 Å². The van der Waals surface area contributed by atoms with Gasteiger partial charge in [-0.3, -0.25) is 9.59 Å². The van der Waals surface area contributed by atoms with Crippen LogP contribution in [-0.4, -0.2) is 16.7 Å². The number of carbonyl (C=O) groups excluding carboxylic acids is 1. The molecule has 0 aliphatic rings. The summed E-state index contributed by atoms with van der Waals surface area (Å²) < 4.78 is 14.5. The van der Waals surface area contributed by atoms with E-state index < -0.39 is 11.7 Å². The largest absolute Gasteiger partial charge is 0.312 e. The highest BCUT2D eigenvalue weighted by Gasteiger charge is 2.12. The number of halogens is 1. The maximum Gasteiger partial charge on any atom is 0.276 e. The Balaban J connectivity index is 2.13. The number of hydrogen-bond donors (Lipinski definition) is 1. The summed E-state index contributed by atoms with van der Waals surface area (Å²) >= 11 is 0. The molecule has 22 heavy (non-hydrogen) atoms. The molecule has 1 heterocycles. The van der Waals surface area contributed by atoms with Gasteiger partial charge in [-0.25, -0.2) is 9.82 Å². The van der Waals surface area contributed by atoms with Gasteiger partial charge < -0.3 is 4.57 Å². The second-order valence-electron chi connectivity index (χ2n) is 4.98. The third-order valence-corrected chi connectivity index (χ3v) is 3.00. The molecule has 0 bridgehead atoms. The Morgan fingerprint density at radius 2 is 2.09 bits per heavy atom. The fourth-order valence-electron chi connectivity index (χ4n) is 1.90. The topological polar surface area (TPSA) is 63.5 Å². The fourth-order valence-corrected chi connectivity index (χ4v) is 1.90. The summed E-state index contributed by atoms with van der Waals surface area (Å²) in [7, 11) is 0. The monoisotopic (exact) mass is 301 g/mol. The van der Waals surface area contributed by atoms with Crippen LogP contribution in [0.5, 0.6) is 0 Å². The summed E-state index contributed by atoms with van der Waals surface area (Å²) in [5, 5.41) is 3.74. The number of amides is 1. The van der Waals surface area contributed by atoms with E-state index in [1.165, 1.54) is 35.0 Å². The lowest BCUT2D eigenvalue weighted by molar-refractivity contribution is 0.0953. The highest BCUT2D eigenvalue weighted by molar-refractivity contribution is 5.94. The van der Waals surface area contributed by atoms with Crippen LogP contribution in [0.1, 0.15) is 35.8 Å². The first-order valence-electron chi connectivity index (χ1n) is 6.79. The molecule has 0 aliphatic carbocycles. The Morgan fingerprint density at radius 3 is 2.77 bits per heavy atom. The summed E-state index contributed by atoms with van der Waals surface area (Å²) in [6, 6.07) is 8.80. The van der Waals surface area contributed by atoms with Gasteiger partial charge in [0.25, 0.3) is 11.5 Å². The van der Waals surface area contributed by atoms with E-state index in [2.05, 4.69) is 10.5 Å². The number of nitrogens with one attached hydrogen (secondary N) is 1. The molecule has 6 heteroatoms. The van der Waals surface area contributed by atoms with Gasteiger partial charge >= 0.3 is 0 Å². The van der Waals surface area contributed by atoms with Crippen LogP contribution in [0.3, 0.4) is 0 Å². The van der Waals surface area contributed by atoms with Crippen LogP contribution in [-0.2, 0) is 0 Å². The molecule has 0 aliphatic heterocycles. The lowest BCUT2D eigenvalue weighted by Gasteiger charge is -2.10.